The number of carbonyl (C=O) groups is 3. The molecule has 0 saturated carbocycles. The number of aliphatic carboxylic acids is 1. The van der Waals surface area contributed by atoms with Crippen LogP contribution in [0, 0.1) is 0 Å². The number of rotatable bonds is 13. The van der Waals surface area contributed by atoms with E-state index in [0.717, 1.165) is 41.5 Å². The maximum absolute atomic E-state index is 12.7. The van der Waals surface area contributed by atoms with Gasteiger partial charge in [-0.25, -0.2) is 4.79 Å². The van der Waals surface area contributed by atoms with Gasteiger partial charge in [-0.05, 0) is 35.1 Å². The van der Waals surface area contributed by atoms with Crippen molar-refractivity contribution in [1.29, 1.82) is 0 Å². The van der Waals surface area contributed by atoms with Crippen LogP contribution in [0.25, 0.3) is 11.1 Å². The number of alkyl carbamates (subject to hydrolysis) is 1. The lowest BCUT2D eigenvalue weighted by atomic mass is 9.98. The Kier molecular flexibility index (Phi) is 9.70. The molecule has 0 heterocycles. The fraction of sp³-hybridized carbons (Fsp3) is 0.464. The monoisotopic (exact) mass is 480 g/mol. The maximum Gasteiger partial charge on any atom is 0.407 e. The lowest BCUT2D eigenvalue weighted by Crippen LogP contribution is -2.43. The van der Waals surface area contributed by atoms with Crippen molar-refractivity contribution >= 4 is 18.0 Å². The predicted octanol–water partition coefficient (Wildman–Crippen LogP) is 5.23. The lowest BCUT2D eigenvalue weighted by Gasteiger charge is -2.21. The van der Waals surface area contributed by atoms with Crippen molar-refractivity contribution in [2.24, 2.45) is 0 Å². The normalized spacial score (nSPS) is 13.9. The van der Waals surface area contributed by atoms with E-state index in [1.54, 1.807) is 0 Å². The Labute approximate surface area is 207 Å². The lowest BCUT2D eigenvalue weighted by molar-refractivity contribution is -0.137. The van der Waals surface area contributed by atoms with E-state index in [2.05, 4.69) is 34.9 Å². The molecule has 35 heavy (non-hydrogen) atoms. The minimum absolute atomic E-state index is 0.0311. The highest BCUT2D eigenvalue weighted by atomic mass is 16.5. The van der Waals surface area contributed by atoms with Gasteiger partial charge in [0.2, 0.25) is 5.91 Å². The summed E-state index contributed by atoms with van der Waals surface area (Å²) in [6, 6.07) is 15.5. The third-order valence-electron chi connectivity index (χ3n) is 6.43. The smallest absolute Gasteiger partial charge is 0.407 e. The number of ether oxygens (including phenoxy) is 1. The van der Waals surface area contributed by atoms with Crippen LogP contribution in [0.2, 0.25) is 0 Å². The second-order valence-electron chi connectivity index (χ2n) is 9.16. The van der Waals surface area contributed by atoms with Gasteiger partial charge in [-0.15, -0.1) is 0 Å². The highest BCUT2D eigenvalue weighted by Gasteiger charge is 2.29. The summed E-state index contributed by atoms with van der Waals surface area (Å²) in [5, 5.41) is 14.8. The van der Waals surface area contributed by atoms with Crippen LogP contribution in [0.1, 0.15) is 75.8 Å². The van der Waals surface area contributed by atoms with Gasteiger partial charge < -0.3 is 20.5 Å². The summed E-state index contributed by atoms with van der Waals surface area (Å²) in [4.78, 5) is 36.4. The number of unbranched alkanes of at least 4 members (excludes halogenated alkanes) is 1. The first-order chi connectivity index (χ1) is 16.9. The van der Waals surface area contributed by atoms with Crippen LogP contribution in [0.3, 0.4) is 0 Å². The van der Waals surface area contributed by atoms with E-state index in [0.29, 0.717) is 12.8 Å². The molecule has 2 aromatic rings. The van der Waals surface area contributed by atoms with Gasteiger partial charge in [0.05, 0.1) is 6.42 Å². The zero-order valence-electron chi connectivity index (χ0n) is 20.6. The van der Waals surface area contributed by atoms with E-state index in [4.69, 9.17) is 9.84 Å². The van der Waals surface area contributed by atoms with Crippen LogP contribution in [-0.4, -0.2) is 41.8 Å². The molecule has 0 spiro atoms. The highest BCUT2D eigenvalue weighted by molar-refractivity contribution is 5.80. The molecule has 7 heteroatoms. The standard InChI is InChI=1S/C28H36N2O5/c1-3-5-11-20(17-27(32)33)29-26(31)16-19(10-4-2)30-28(34)35-18-25-23-14-8-6-12-21(23)22-13-7-9-15-24(22)25/h6-9,12-15,19-20,25H,3-5,10-11,16-18H2,1-2H3,(H,29,31)(H,30,34)(H,32,33)/t19-,20+/m1/s1. The minimum Gasteiger partial charge on any atom is -0.481 e. The van der Waals surface area contributed by atoms with Crippen LogP contribution >= 0.6 is 0 Å². The zero-order valence-corrected chi connectivity index (χ0v) is 20.6. The summed E-state index contributed by atoms with van der Waals surface area (Å²) in [6.07, 6.45) is 3.22. The summed E-state index contributed by atoms with van der Waals surface area (Å²) in [7, 11) is 0. The Balaban J connectivity index is 1.56. The molecule has 7 nitrogen and oxygen atoms in total. The molecule has 0 aromatic heterocycles. The van der Waals surface area contributed by atoms with E-state index in [9.17, 15) is 14.4 Å². The van der Waals surface area contributed by atoms with Crippen molar-refractivity contribution in [3.8, 4) is 11.1 Å². The number of carboxylic acids is 1. The topological polar surface area (TPSA) is 105 Å². The Morgan fingerprint density at radius 3 is 2.03 bits per heavy atom. The second-order valence-corrected chi connectivity index (χ2v) is 9.16. The molecule has 0 saturated heterocycles. The van der Waals surface area contributed by atoms with E-state index in [1.807, 2.05) is 38.1 Å². The number of fused-ring (bicyclic) bond motifs is 3. The first-order valence-electron chi connectivity index (χ1n) is 12.6. The fourth-order valence-corrected chi connectivity index (χ4v) is 4.78. The molecule has 1 aliphatic rings. The summed E-state index contributed by atoms with van der Waals surface area (Å²) in [6.45, 7) is 4.22. The average molecular weight is 481 g/mol. The summed E-state index contributed by atoms with van der Waals surface area (Å²) < 4.78 is 5.63. The molecule has 3 N–H and O–H groups in total. The highest BCUT2D eigenvalue weighted by Crippen LogP contribution is 2.44. The molecular weight excluding hydrogens is 444 g/mol. The molecule has 0 aliphatic heterocycles. The fourth-order valence-electron chi connectivity index (χ4n) is 4.78. The molecular formula is C28H36N2O5. The number of hydrogen-bond acceptors (Lipinski definition) is 4. The van der Waals surface area contributed by atoms with Crippen LogP contribution in [0.4, 0.5) is 4.79 Å². The first kappa shape index (κ1) is 26.3. The molecule has 3 rings (SSSR count). The van der Waals surface area contributed by atoms with Gasteiger partial charge in [-0.2, -0.15) is 0 Å². The molecule has 188 valence electrons. The Hall–Kier alpha value is -3.35. The van der Waals surface area contributed by atoms with Gasteiger partial charge in [-0.1, -0.05) is 81.6 Å². The Morgan fingerprint density at radius 1 is 0.857 bits per heavy atom. The van der Waals surface area contributed by atoms with Crippen molar-refractivity contribution in [2.45, 2.75) is 76.8 Å². The van der Waals surface area contributed by atoms with Gasteiger partial charge in [0.25, 0.3) is 0 Å². The van der Waals surface area contributed by atoms with Gasteiger partial charge in [0.1, 0.15) is 6.61 Å². The SMILES string of the molecule is CCCC[C@@H](CC(=O)O)NC(=O)C[C@@H](CCC)NC(=O)OCC1c2ccccc2-c2ccccc21. The van der Waals surface area contributed by atoms with Gasteiger partial charge in [-0.3, -0.25) is 9.59 Å². The van der Waals surface area contributed by atoms with Crippen molar-refractivity contribution < 1.29 is 24.2 Å². The van der Waals surface area contributed by atoms with Crippen molar-refractivity contribution in [1.82, 2.24) is 10.6 Å². The molecule has 0 radical (unpaired) electrons. The van der Waals surface area contributed by atoms with Crippen LogP contribution in [0.15, 0.2) is 48.5 Å². The number of amides is 2. The van der Waals surface area contributed by atoms with Crippen molar-refractivity contribution in [2.75, 3.05) is 6.61 Å². The third kappa shape index (κ3) is 7.31. The Morgan fingerprint density at radius 2 is 1.46 bits per heavy atom. The summed E-state index contributed by atoms with van der Waals surface area (Å²) in [5.74, 6) is -1.23. The quantitative estimate of drug-likeness (QED) is 0.364. The molecule has 2 atom stereocenters. The zero-order chi connectivity index (χ0) is 25.2. The van der Waals surface area contributed by atoms with Crippen molar-refractivity contribution in [3.05, 3.63) is 59.7 Å². The molecule has 2 aromatic carbocycles. The maximum atomic E-state index is 12.7. The number of carboxylic acid groups (broad SMARTS) is 1. The van der Waals surface area contributed by atoms with Crippen LogP contribution < -0.4 is 10.6 Å². The number of nitrogens with one attached hydrogen (secondary N) is 2. The number of benzene rings is 2. The van der Waals surface area contributed by atoms with E-state index < -0.39 is 18.1 Å². The summed E-state index contributed by atoms with van der Waals surface area (Å²) in [5.41, 5.74) is 4.61. The van der Waals surface area contributed by atoms with Gasteiger partial charge in [0, 0.05) is 24.4 Å². The molecule has 0 fully saturated rings. The second kappa shape index (κ2) is 12.9. The molecule has 0 bridgehead atoms. The van der Waals surface area contributed by atoms with E-state index >= 15 is 0 Å². The van der Waals surface area contributed by atoms with Crippen LogP contribution in [-0.2, 0) is 14.3 Å². The van der Waals surface area contributed by atoms with Crippen molar-refractivity contribution in [3.63, 3.8) is 0 Å². The Bertz CT molecular complexity index is 976. The number of hydrogen-bond donors (Lipinski definition) is 3. The van der Waals surface area contributed by atoms with Gasteiger partial charge >= 0.3 is 12.1 Å². The number of carbonyl (C=O) groups excluding carboxylic acids is 2. The molecule has 1 aliphatic carbocycles. The van der Waals surface area contributed by atoms with E-state index in [1.165, 1.54) is 0 Å². The predicted molar refractivity (Wildman–Crippen MR) is 135 cm³/mol. The largest absolute Gasteiger partial charge is 0.481 e. The minimum atomic E-state index is -0.937. The first-order valence-corrected chi connectivity index (χ1v) is 12.6. The molecule has 0 unspecified atom stereocenters. The molecule has 2 amide bonds. The third-order valence-corrected chi connectivity index (χ3v) is 6.43. The average Bonchev–Trinajstić information content (AvgIpc) is 3.14. The summed E-state index contributed by atoms with van der Waals surface area (Å²) >= 11 is 0. The van der Waals surface area contributed by atoms with E-state index in [-0.39, 0.29) is 37.3 Å². The van der Waals surface area contributed by atoms with Gasteiger partial charge in [0.15, 0.2) is 0 Å². The van der Waals surface area contributed by atoms with Crippen LogP contribution in [0.5, 0.6) is 0 Å².